The third kappa shape index (κ3) is 6.80. The average Bonchev–Trinajstić information content (AvgIpc) is 2.51. The summed E-state index contributed by atoms with van der Waals surface area (Å²) in [6.07, 6.45) is 8.17. The molecule has 0 atom stereocenters. The summed E-state index contributed by atoms with van der Waals surface area (Å²) in [7, 11) is 0. The fourth-order valence-corrected chi connectivity index (χ4v) is 4.57. The summed E-state index contributed by atoms with van der Waals surface area (Å²) in [5, 5.41) is 10.0. The number of thioether (sulfide) groups is 1. The van der Waals surface area contributed by atoms with E-state index in [0.717, 1.165) is 17.4 Å². The molecule has 1 aromatic rings. The van der Waals surface area contributed by atoms with Crippen molar-refractivity contribution in [3.05, 3.63) is 35.4 Å². The Bertz CT molecular complexity index is 484. The molecule has 1 aliphatic rings. The average molecular weight is 349 g/mol. The summed E-state index contributed by atoms with van der Waals surface area (Å²) >= 11 is 2.13. The number of hydrogen-bond donors (Lipinski definition) is 1. The highest BCUT2D eigenvalue weighted by Gasteiger charge is 2.23. The van der Waals surface area contributed by atoms with Crippen LogP contribution in [-0.2, 0) is 12.0 Å². The SMILES string of the molecule is CC(C)(C)SCC1CCC(CCc2ccc(C(C)(C)O)cc2)CC1. The number of hydrogen-bond acceptors (Lipinski definition) is 2. The quantitative estimate of drug-likeness (QED) is 0.662. The lowest BCUT2D eigenvalue weighted by atomic mass is 9.80. The second kappa shape index (κ2) is 8.27. The Labute approximate surface area is 153 Å². The minimum absolute atomic E-state index is 0.409. The molecule has 2 heteroatoms. The van der Waals surface area contributed by atoms with Crippen LogP contribution >= 0.6 is 11.8 Å². The van der Waals surface area contributed by atoms with Crippen LogP contribution in [0.1, 0.15) is 77.8 Å². The maximum atomic E-state index is 10.0. The zero-order chi connectivity index (χ0) is 17.8. The number of benzene rings is 1. The van der Waals surface area contributed by atoms with E-state index < -0.39 is 5.60 Å². The smallest absolute Gasteiger partial charge is 0.0840 e. The molecule has 2 rings (SSSR count). The summed E-state index contributed by atoms with van der Waals surface area (Å²) in [6.45, 7) is 10.7. The highest BCUT2D eigenvalue weighted by atomic mass is 32.2. The van der Waals surface area contributed by atoms with E-state index >= 15 is 0 Å². The molecule has 1 aromatic carbocycles. The topological polar surface area (TPSA) is 20.2 Å². The van der Waals surface area contributed by atoms with E-state index in [-0.39, 0.29) is 0 Å². The van der Waals surface area contributed by atoms with Crippen LogP contribution in [0.5, 0.6) is 0 Å². The molecular formula is C22H36OS. The Hall–Kier alpha value is -0.470. The van der Waals surface area contributed by atoms with Gasteiger partial charge in [0, 0.05) is 4.75 Å². The lowest BCUT2D eigenvalue weighted by Crippen LogP contribution is -2.19. The van der Waals surface area contributed by atoms with Gasteiger partial charge in [0.1, 0.15) is 0 Å². The monoisotopic (exact) mass is 348 g/mol. The first-order chi connectivity index (χ1) is 11.1. The van der Waals surface area contributed by atoms with Gasteiger partial charge in [-0.15, -0.1) is 0 Å². The minimum atomic E-state index is -0.734. The van der Waals surface area contributed by atoms with Crippen LogP contribution in [0.3, 0.4) is 0 Å². The Morgan fingerprint density at radius 1 is 0.917 bits per heavy atom. The number of aliphatic hydroxyl groups is 1. The van der Waals surface area contributed by atoms with Gasteiger partial charge in [-0.3, -0.25) is 0 Å². The molecular weight excluding hydrogens is 312 g/mol. The Balaban J connectivity index is 1.71. The van der Waals surface area contributed by atoms with Crippen LogP contribution in [0.2, 0.25) is 0 Å². The molecule has 0 unspecified atom stereocenters. The molecule has 1 N–H and O–H groups in total. The van der Waals surface area contributed by atoms with Crippen LogP contribution in [0.25, 0.3) is 0 Å². The summed E-state index contributed by atoms with van der Waals surface area (Å²) in [6, 6.07) is 8.55. The molecule has 0 bridgehead atoms. The van der Waals surface area contributed by atoms with E-state index in [4.69, 9.17) is 0 Å². The third-order valence-corrected chi connectivity index (χ3v) is 6.72. The summed E-state index contributed by atoms with van der Waals surface area (Å²) < 4.78 is 0.409. The predicted molar refractivity (Wildman–Crippen MR) is 108 cm³/mol. The maximum absolute atomic E-state index is 10.0. The van der Waals surface area contributed by atoms with Crippen LogP contribution in [0.4, 0.5) is 0 Å². The summed E-state index contributed by atoms with van der Waals surface area (Å²) in [4.78, 5) is 0. The Kier molecular flexibility index (Phi) is 6.84. The largest absolute Gasteiger partial charge is 0.386 e. The van der Waals surface area contributed by atoms with Crippen molar-refractivity contribution >= 4 is 11.8 Å². The molecule has 0 heterocycles. The Morgan fingerprint density at radius 3 is 1.96 bits per heavy atom. The first-order valence-corrected chi connectivity index (χ1v) is 10.6. The Morgan fingerprint density at radius 2 is 1.46 bits per heavy atom. The van der Waals surface area contributed by atoms with Crippen molar-refractivity contribution in [1.29, 1.82) is 0 Å². The summed E-state index contributed by atoms with van der Waals surface area (Å²) in [5.41, 5.74) is 1.68. The number of rotatable bonds is 6. The zero-order valence-corrected chi connectivity index (χ0v) is 17.1. The van der Waals surface area contributed by atoms with Crippen LogP contribution < -0.4 is 0 Å². The molecule has 1 fully saturated rings. The van der Waals surface area contributed by atoms with Gasteiger partial charge in [-0.05, 0) is 68.2 Å². The lowest BCUT2D eigenvalue weighted by molar-refractivity contribution is 0.0786. The molecule has 24 heavy (non-hydrogen) atoms. The van der Waals surface area contributed by atoms with Gasteiger partial charge in [0.05, 0.1) is 5.60 Å². The van der Waals surface area contributed by atoms with Gasteiger partial charge in [0.25, 0.3) is 0 Å². The van der Waals surface area contributed by atoms with E-state index in [1.165, 1.54) is 49.8 Å². The molecule has 1 aliphatic carbocycles. The maximum Gasteiger partial charge on any atom is 0.0840 e. The highest BCUT2D eigenvalue weighted by Crippen LogP contribution is 2.36. The van der Waals surface area contributed by atoms with Gasteiger partial charge in [-0.25, -0.2) is 0 Å². The van der Waals surface area contributed by atoms with E-state index in [9.17, 15) is 5.11 Å². The minimum Gasteiger partial charge on any atom is -0.386 e. The molecule has 0 spiro atoms. The van der Waals surface area contributed by atoms with Crippen molar-refractivity contribution in [1.82, 2.24) is 0 Å². The van der Waals surface area contributed by atoms with Crippen molar-refractivity contribution in [2.24, 2.45) is 11.8 Å². The van der Waals surface area contributed by atoms with Crippen LogP contribution in [0.15, 0.2) is 24.3 Å². The predicted octanol–water partition coefficient (Wildman–Crippen LogP) is 6.18. The van der Waals surface area contributed by atoms with Gasteiger partial charge in [0.15, 0.2) is 0 Å². The van der Waals surface area contributed by atoms with Gasteiger partial charge in [0.2, 0.25) is 0 Å². The van der Waals surface area contributed by atoms with Crippen molar-refractivity contribution in [3.8, 4) is 0 Å². The van der Waals surface area contributed by atoms with Gasteiger partial charge in [-0.1, -0.05) is 57.9 Å². The van der Waals surface area contributed by atoms with E-state index in [1.807, 2.05) is 13.8 Å². The van der Waals surface area contributed by atoms with E-state index in [1.54, 1.807) is 0 Å². The van der Waals surface area contributed by atoms with Crippen molar-refractivity contribution in [3.63, 3.8) is 0 Å². The van der Waals surface area contributed by atoms with Crippen molar-refractivity contribution < 1.29 is 5.11 Å². The fourth-order valence-electron chi connectivity index (χ4n) is 3.50. The standard InChI is InChI=1S/C22H36OS/c1-21(2,3)24-16-19-10-8-17(9-11-19)6-7-18-12-14-20(15-13-18)22(4,5)23/h12-15,17,19,23H,6-11,16H2,1-5H3. The highest BCUT2D eigenvalue weighted by molar-refractivity contribution is 8.00. The van der Waals surface area contributed by atoms with Crippen molar-refractivity contribution in [2.45, 2.75) is 83.5 Å². The van der Waals surface area contributed by atoms with Gasteiger partial charge in [-0.2, -0.15) is 11.8 Å². The van der Waals surface area contributed by atoms with E-state index in [0.29, 0.717) is 4.75 Å². The lowest BCUT2D eigenvalue weighted by Gasteiger charge is -2.30. The molecule has 136 valence electrons. The third-order valence-electron chi connectivity index (χ3n) is 5.22. The second-order valence-electron chi connectivity index (χ2n) is 9.10. The summed E-state index contributed by atoms with van der Waals surface area (Å²) in [5.74, 6) is 3.20. The number of aryl methyl sites for hydroxylation is 1. The van der Waals surface area contributed by atoms with Gasteiger partial charge < -0.3 is 5.11 Å². The molecule has 1 nitrogen and oxygen atoms in total. The molecule has 0 saturated heterocycles. The zero-order valence-electron chi connectivity index (χ0n) is 16.3. The van der Waals surface area contributed by atoms with Gasteiger partial charge >= 0.3 is 0 Å². The molecule has 1 saturated carbocycles. The van der Waals surface area contributed by atoms with Crippen molar-refractivity contribution in [2.75, 3.05) is 5.75 Å². The fraction of sp³-hybridized carbons (Fsp3) is 0.727. The molecule has 0 aromatic heterocycles. The first-order valence-electron chi connectivity index (χ1n) is 9.59. The van der Waals surface area contributed by atoms with Crippen LogP contribution in [-0.4, -0.2) is 15.6 Å². The molecule has 0 radical (unpaired) electrons. The molecule has 0 aliphatic heterocycles. The van der Waals surface area contributed by atoms with Crippen LogP contribution in [0, 0.1) is 11.8 Å². The second-order valence-corrected chi connectivity index (χ2v) is 11.0. The molecule has 0 amide bonds. The first kappa shape index (κ1) is 19.8. The van der Waals surface area contributed by atoms with E-state index in [2.05, 4.69) is 56.8 Å². The normalized spacial score (nSPS) is 22.6.